The third kappa shape index (κ3) is 7.18. The van der Waals surface area contributed by atoms with Gasteiger partial charge < -0.3 is 10.6 Å². The Labute approximate surface area is 348 Å². The first-order valence-corrected chi connectivity index (χ1v) is 20.9. The molecule has 2 saturated carbocycles. The van der Waals surface area contributed by atoms with Crippen molar-refractivity contribution in [3.05, 3.63) is 137 Å². The van der Waals surface area contributed by atoms with Gasteiger partial charge in [-0.2, -0.15) is 0 Å². The lowest BCUT2D eigenvalue weighted by Crippen LogP contribution is -2.42. The lowest BCUT2D eigenvalue weighted by atomic mass is 9.56. The van der Waals surface area contributed by atoms with Crippen LogP contribution in [0.3, 0.4) is 0 Å². The summed E-state index contributed by atoms with van der Waals surface area (Å²) in [5, 5.41) is 10.5. The largest absolute Gasteiger partial charge is 0.353 e. The van der Waals surface area contributed by atoms with E-state index in [1.165, 1.54) is 11.1 Å². The molecule has 54 heavy (non-hydrogen) atoms. The molecule has 4 aromatic rings. The van der Waals surface area contributed by atoms with Gasteiger partial charge in [-0.15, -0.1) is 0 Å². The molecular weight excluding hydrogens is 801 g/mol. The monoisotopic (exact) mass is 842 g/mol. The summed E-state index contributed by atoms with van der Waals surface area (Å²) >= 11 is 37.7. The van der Waals surface area contributed by atoms with E-state index in [0.717, 1.165) is 36.8 Å². The van der Waals surface area contributed by atoms with Crippen molar-refractivity contribution in [2.45, 2.75) is 89.1 Å². The molecule has 0 radical (unpaired) electrons. The van der Waals surface area contributed by atoms with Crippen LogP contribution in [-0.4, -0.2) is 23.9 Å². The number of rotatable bonds is 4. The van der Waals surface area contributed by atoms with E-state index in [1.807, 2.05) is 60.7 Å². The standard InChI is InChI=1S/2C22H22Cl3NO/c2*1-12-20-19(13-3-5-14(23)6-4-13)17(9-10-22(20,2)21(27)26-12)16-8-7-15(24)11-18(16)25/h2*3-8,11-12,17,19-20H,9-10H2,1-2H3,(H,26,27)/t2*12-,17+,19+,20+,22-/m10/s1. The van der Waals surface area contributed by atoms with E-state index in [1.54, 1.807) is 0 Å². The van der Waals surface area contributed by atoms with Crippen molar-refractivity contribution in [2.75, 3.05) is 0 Å². The summed E-state index contributed by atoms with van der Waals surface area (Å²) in [4.78, 5) is 25.5. The maximum atomic E-state index is 12.8. The van der Waals surface area contributed by atoms with E-state index in [0.29, 0.717) is 30.1 Å². The number of halogens is 6. The summed E-state index contributed by atoms with van der Waals surface area (Å²) in [5.41, 5.74) is 3.90. The molecular formula is C44H44Cl6N2O2. The Morgan fingerprint density at radius 1 is 0.519 bits per heavy atom. The smallest absolute Gasteiger partial charge is 0.226 e. The van der Waals surface area contributed by atoms with Crippen molar-refractivity contribution in [3.8, 4) is 0 Å². The molecule has 8 rings (SSSR count). The highest BCUT2D eigenvalue weighted by atomic mass is 35.5. The number of carbonyl (C=O) groups excluding carboxylic acids is 2. The third-order valence-electron chi connectivity index (χ3n) is 13.1. The van der Waals surface area contributed by atoms with Gasteiger partial charge in [0.1, 0.15) is 0 Å². The zero-order valence-electron chi connectivity index (χ0n) is 30.6. The van der Waals surface area contributed by atoms with Crippen LogP contribution in [0.1, 0.15) is 99.3 Å². The lowest BCUT2D eigenvalue weighted by Gasteiger charge is -2.46. The van der Waals surface area contributed by atoms with Crippen LogP contribution < -0.4 is 10.6 Å². The van der Waals surface area contributed by atoms with E-state index >= 15 is 0 Å². The molecule has 0 unspecified atom stereocenters. The van der Waals surface area contributed by atoms with Crippen molar-refractivity contribution in [1.82, 2.24) is 10.6 Å². The number of nitrogens with one attached hydrogen (secondary N) is 2. The number of amides is 2. The van der Waals surface area contributed by atoms with Gasteiger partial charge in [0, 0.05) is 54.1 Å². The highest BCUT2D eigenvalue weighted by Gasteiger charge is 2.59. The topological polar surface area (TPSA) is 58.2 Å². The minimum absolute atomic E-state index is 0.108. The van der Waals surface area contributed by atoms with Gasteiger partial charge in [0.2, 0.25) is 11.8 Å². The van der Waals surface area contributed by atoms with Gasteiger partial charge in [-0.05, 0) is 134 Å². The molecule has 2 aliphatic carbocycles. The van der Waals surface area contributed by atoms with Gasteiger partial charge >= 0.3 is 0 Å². The fraction of sp³-hybridized carbons (Fsp3) is 0.409. The molecule has 4 aliphatic rings. The number of carbonyl (C=O) groups is 2. The second kappa shape index (κ2) is 15.5. The summed E-state index contributed by atoms with van der Waals surface area (Å²) in [7, 11) is 0. The first-order valence-electron chi connectivity index (χ1n) is 18.6. The third-order valence-corrected chi connectivity index (χ3v) is 14.8. The Morgan fingerprint density at radius 3 is 1.19 bits per heavy atom. The fourth-order valence-corrected chi connectivity index (χ4v) is 12.0. The van der Waals surface area contributed by atoms with E-state index in [9.17, 15) is 9.59 Å². The molecule has 2 amide bonds. The zero-order valence-corrected chi connectivity index (χ0v) is 35.1. The Morgan fingerprint density at radius 2 is 0.852 bits per heavy atom. The van der Waals surface area contributed by atoms with Crippen LogP contribution in [0.25, 0.3) is 0 Å². The molecule has 2 N–H and O–H groups in total. The molecule has 0 aromatic heterocycles. The quantitative estimate of drug-likeness (QED) is 0.215. The Hall–Kier alpha value is -2.44. The van der Waals surface area contributed by atoms with Crippen molar-refractivity contribution in [3.63, 3.8) is 0 Å². The maximum Gasteiger partial charge on any atom is 0.226 e. The van der Waals surface area contributed by atoms with Crippen LogP contribution in [0.5, 0.6) is 0 Å². The van der Waals surface area contributed by atoms with Crippen LogP contribution in [-0.2, 0) is 9.59 Å². The number of benzene rings is 4. The number of hydrogen-bond donors (Lipinski definition) is 2. The predicted octanol–water partition coefficient (Wildman–Crippen LogP) is 12.9. The summed E-state index contributed by atoms with van der Waals surface area (Å²) in [6, 6.07) is 27.8. The molecule has 10 atom stereocenters. The SMILES string of the molecule is C[C@@H]1NC(=O)[C@@]2(C)CC[C@H](c3ccc(Cl)cc3Cl)[C@@H](c3ccc(Cl)cc3)[C@@H]12.C[C@H]1NC(=O)[C@]2(C)CC[C@@H](c3ccc(Cl)cc3Cl)[C@H](c3ccc(Cl)cc3)[C@H]12. The molecule has 10 heteroatoms. The van der Waals surface area contributed by atoms with Gasteiger partial charge in [-0.25, -0.2) is 0 Å². The Bertz CT molecular complexity index is 1910. The van der Waals surface area contributed by atoms with Gasteiger partial charge in [0.15, 0.2) is 0 Å². The van der Waals surface area contributed by atoms with Crippen LogP contribution >= 0.6 is 69.6 Å². The molecule has 2 saturated heterocycles. The number of fused-ring (bicyclic) bond motifs is 2. The van der Waals surface area contributed by atoms with Crippen LogP contribution in [0.4, 0.5) is 0 Å². The van der Waals surface area contributed by atoms with Crippen LogP contribution in [0.2, 0.25) is 30.1 Å². The highest BCUT2D eigenvalue weighted by Crippen LogP contribution is 2.60. The fourth-order valence-electron chi connectivity index (χ4n) is 10.6. The summed E-state index contributed by atoms with van der Waals surface area (Å²) in [5.74, 6) is 1.52. The summed E-state index contributed by atoms with van der Waals surface area (Å²) in [6.07, 6.45) is 3.51. The van der Waals surface area contributed by atoms with Gasteiger partial charge in [-0.1, -0.05) is 120 Å². The predicted molar refractivity (Wildman–Crippen MR) is 224 cm³/mol. The average molecular weight is 846 g/mol. The van der Waals surface area contributed by atoms with E-state index in [4.69, 9.17) is 69.6 Å². The molecule has 4 fully saturated rings. The maximum absolute atomic E-state index is 12.8. The van der Waals surface area contributed by atoms with Gasteiger partial charge in [-0.3, -0.25) is 9.59 Å². The minimum Gasteiger partial charge on any atom is -0.353 e. The first-order chi connectivity index (χ1) is 25.6. The van der Waals surface area contributed by atoms with Gasteiger partial charge in [0.25, 0.3) is 0 Å². The molecule has 0 bridgehead atoms. The van der Waals surface area contributed by atoms with Crippen molar-refractivity contribution in [2.24, 2.45) is 22.7 Å². The molecule has 4 aromatic carbocycles. The minimum atomic E-state index is -0.362. The van der Waals surface area contributed by atoms with Crippen LogP contribution in [0.15, 0.2) is 84.9 Å². The number of hydrogen-bond acceptors (Lipinski definition) is 2. The summed E-state index contributed by atoms with van der Waals surface area (Å²) in [6.45, 7) is 8.45. The second-order valence-corrected chi connectivity index (χ2v) is 18.7. The van der Waals surface area contributed by atoms with Gasteiger partial charge in [0.05, 0.1) is 10.8 Å². The Balaban J connectivity index is 0.000000167. The molecule has 0 spiro atoms. The average Bonchev–Trinajstić information content (AvgIpc) is 3.50. The molecule has 2 aliphatic heterocycles. The molecule has 284 valence electrons. The normalized spacial score (nSPS) is 32.9. The zero-order chi connectivity index (χ0) is 38.7. The van der Waals surface area contributed by atoms with Crippen LogP contribution in [0, 0.1) is 22.7 Å². The van der Waals surface area contributed by atoms with E-state index < -0.39 is 0 Å². The van der Waals surface area contributed by atoms with Crippen molar-refractivity contribution in [1.29, 1.82) is 0 Å². The Kier molecular flexibility index (Phi) is 11.4. The van der Waals surface area contributed by atoms with Crippen molar-refractivity contribution >= 4 is 81.4 Å². The lowest BCUT2D eigenvalue weighted by molar-refractivity contribution is -0.130. The second-order valence-electron chi connectivity index (χ2n) is 16.2. The van der Waals surface area contributed by atoms with Crippen molar-refractivity contribution < 1.29 is 9.59 Å². The highest BCUT2D eigenvalue weighted by molar-refractivity contribution is 6.35. The van der Waals surface area contributed by atoms with E-state index in [-0.39, 0.29) is 70.2 Å². The first kappa shape index (κ1) is 39.8. The summed E-state index contributed by atoms with van der Waals surface area (Å²) < 4.78 is 0. The molecule has 4 nitrogen and oxygen atoms in total. The molecule has 2 heterocycles. The van der Waals surface area contributed by atoms with E-state index in [2.05, 4.69) is 62.6 Å².